The minimum Gasteiger partial charge on any atom is -0.462 e. The van der Waals surface area contributed by atoms with Gasteiger partial charge in [-0.2, -0.15) is 4.99 Å². The molecule has 0 radical (unpaired) electrons. The van der Waals surface area contributed by atoms with Gasteiger partial charge in [0.2, 0.25) is 0 Å². The smallest absolute Gasteiger partial charge is 0.293 e. The van der Waals surface area contributed by atoms with Gasteiger partial charge in [0.1, 0.15) is 6.17 Å². The first-order valence-corrected chi connectivity index (χ1v) is 11.2. The largest absolute Gasteiger partial charge is 0.462 e. The van der Waals surface area contributed by atoms with Gasteiger partial charge in [0.15, 0.2) is 5.84 Å². The molecule has 5 nitrogen and oxygen atoms in total. The van der Waals surface area contributed by atoms with Crippen LogP contribution in [-0.2, 0) is 4.74 Å². The van der Waals surface area contributed by atoms with Crippen molar-refractivity contribution in [3.63, 3.8) is 0 Å². The Hall–Kier alpha value is -2.92. The molecular weight excluding hydrogens is 386 g/mol. The van der Waals surface area contributed by atoms with Crippen molar-refractivity contribution in [2.75, 3.05) is 0 Å². The molecule has 0 fully saturated rings. The number of hydrogen-bond donors (Lipinski definition) is 2. The molecule has 0 saturated heterocycles. The molecule has 5 atom stereocenters. The van der Waals surface area contributed by atoms with Gasteiger partial charge in [-0.1, -0.05) is 66.8 Å². The van der Waals surface area contributed by atoms with Crippen molar-refractivity contribution in [1.82, 2.24) is 5.32 Å². The van der Waals surface area contributed by atoms with Crippen LogP contribution in [0.1, 0.15) is 43.7 Å². The Kier molecular flexibility index (Phi) is 5.36. The van der Waals surface area contributed by atoms with Crippen LogP contribution in [0.2, 0.25) is 0 Å². The summed E-state index contributed by atoms with van der Waals surface area (Å²) in [6, 6.07) is 8.98. The molecular formula is C26H29N3O2. The molecule has 4 aliphatic rings. The second-order valence-electron chi connectivity index (χ2n) is 8.82. The first-order valence-electron chi connectivity index (χ1n) is 11.2. The van der Waals surface area contributed by atoms with E-state index < -0.39 is 6.10 Å². The fourth-order valence-electron chi connectivity index (χ4n) is 4.80. The predicted molar refractivity (Wildman–Crippen MR) is 125 cm³/mol. The van der Waals surface area contributed by atoms with E-state index in [2.05, 4.69) is 72.1 Å². The molecule has 1 heterocycles. The predicted octanol–water partition coefficient (Wildman–Crippen LogP) is 4.35. The molecule has 160 valence electrons. The maximum atomic E-state index is 10.6. The zero-order chi connectivity index (χ0) is 21.4. The molecule has 2 N–H and O–H groups in total. The number of fused-ring (bicyclic) bond motifs is 3. The summed E-state index contributed by atoms with van der Waals surface area (Å²) in [6.07, 6.45) is 16.1. The van der Waals surface area contributed by atoms with Crippen molar-refractivity contribution < 1.29 is 9.84 Å². The minimum absolute atomic E-state index is 0.0125. The highest BCUT2D eigenvalue weighted by Crippen LogP contribution is 2.42. The molecule has 31 heavy (non-hydrogen) atoms. The Labute approximate surface area is 183 Å². The Morgan fingerprint density at radius 2 is 1.97 bits per heavy atom. The number of amidine groups is 2. The first-order chi connectivity index (χ1) is 15.1. The molecule has 1 aromatic carbocycles. The van der Waals surface area contributed by atoms with Gasteiger partial charge in [-0.15, -0.1) is 0 Å². The van der Waals surface area contributed by atoms with Gasteiger partial charge in [-0.25, -0.2) is 4.99 Å². The van der Waals surface area contributed by atoms with Crippen LogP contribution in [0, 0.1) is 11.8 Å². The molecule has 3 aliphatic carbocycles. The zero-order valence-electron chi connectivity index (χ0n) is 18.0. The lowest BCUT2D eigenvalue weighted by atomic mass is 9.74. The molecule has 0 spiro atoms. The molecule has 1 aromatic rings. The number of benzene rings is 1. The summed E-state index contributed by atoms with van der Waals surface area (Å²) in [5.74, 6) is 1.16. The average Bonchev–Trinajstić information content (AvgIpc) is 2.78. The molecule has 0 saturated carbocycles. The maximum Gasteiger partial charge on any atom is 0.293 e. The van der Waals surface area contributed by atoms with E-state index >= 15 is 0 Å². The van der Waals surface area contributed by atoms with E-state index in [0.29, 0.717) is 17.8 Å². The van der Waals surface area contributed by atoms with Crippen molar-refractivity contribution >= 4 is 17.4 Å². The summed E-state index contributed by atoms with van der Waals surface area (Å²) in [5, 5.41) is 13.9. The van der Waals surface area contributed by atoms with E-state index in [1.165, 1.54) is 5.56 Å². The number of ether oxygens (including phenoxy) is 1. The van der Waals surface area contributed by atoms with Crippen LogP contribution in [0.25, 0.3) is 5.57 Å². The highest BCUT2D eigenvalue weighted by atomic mass is 16.5. The second-order valence-corrected chi connectivity index (χ2v) is 8.82. The van der Waals surface area contributed by atoms with Gasteiger partial charge in [0.05, 0.1) is 12.2 Å². The van der Waals surface area contributed by atoms with Crippen molar-refractivity contribution in [3.05, 3.63) is 77.9 Å². The van der Waals surface area contributed by atoms with E-state index in [4.69, 9.17) is 14.7 Å². The minimum atomic E-state index is -0.436. The number of nitrogens with one attached hydrogen (secondary N) is 1. The van der Waals surface area contributed by atoms with Crippen LogP contribution in [-0.4, -0.2) is 35.3 Å². The molecule has 0 aromatic heterocycles. The third-order valence-corrected chi connectivity index (χ3v) is 6.27. The number of aliphatic hydroxyl groups excluding tert-OH is 1. The SMILES string of the molecule is CC(C)OC1=NC(C2=CC3C=CC=CC3c3ccccc32)=NC(C2C=CCCC2O)N1. The molecule has 5 heteroatoms. The Morgan fingerprint density at radius 1 is 1.13 bits per heavy atom. The molecule has 1 aliphatic heterocycles. The highest BCUT2D eigenvalue weighted by molar-refractivity contribution is 6.26. The van der Waals surface area contributed by atoms with Crippen molar-refractivity contribution in [2.45, 2.75) is 51.0 Å². The summed E-state index contributed by atoms with van der Waals surface area (Å²) < 4.78 is 5.96. The molecule has 0 amide bonds. The maximum absolute atomic E-state index is 10.6. The Balaban J connectivity index is 1.59. The van der Waals surface area contributed by atoms with Crippen LogP contribution >= 0.6 is 0 Å². The normalized spacial score (nSPS) is 31.2. The molecule has 5 unspecified atom stereocenters. The van der Waals surface area contributed by atoms with E-state index in [9.17, 15) is 5.11 Å². The lowest BCUT2D eigenvalue weighted by molar-refractivity contribution is 0.0976. The summed E-state index contributed by atoms with van der Waals surface area (Å²) in [5.41, 5.74) is 3.49. The summed E-state index contributed by atoms with van der Waals surface area (Å²) in [7, 11) is 0. The van der Waals surface area contributed by atoms with Crippen molar-refractivity contribution in [1.29, 1.82) is 0 Å². The van der Waals surface area contributed by atoms with Gasteiger partial charge in [-0.05, 0) is 37.8 Å². The van der Waals surface area contributed by atoms with E-state index in [1.807, 2.05) is 13.8 Å². The lowest BCUT2D eigenvalue weighted by Gasteiger charge is -2.34. The Morgan fingerprint density at radius 3 is 2.81 bits per heavy atom. The van der Waals surface area contributed by atoms with Gasteiger partial charge in [-0.3, -0.25) is 0 Å². The number of aliphatic imine (C=N–C) groups is 2. The van der Waals surface area contributed by atoms with Crippen LogP contribution in [0.15, 0.2) is 76.8 Å². The molecule has 5 rings (SSSR count). The zero-order valence-corrected chi connectivity index (χ0v) is 18.0. The standard InChI is InChI=1S/C26H29N3O2/c1-16(2)31-26-28-24(21-13-7-8-14-23(21)30)27-25(29-26)22-15-17-9-3-4-10-18(17)19-11-5-6-12-20(19)22/h3-7,9-13,15-18,21,23-24,30H,8,14H2,1-2H3,(H,27,28,29). The number of aliphatic hydroxyl groups is 1. The quantitative estimate of drug-likeness (QED) is 0.722. The fraction of sp³-hybridized carbons (Fsp3) is 0.385. The fourth-order valence-corrected chi connectivity index (χ4v) is 4.80. The summed E-state index contributed by atoms with van der Waals surface area (Å²) in [6.45, 7) is 3.97. The number of hydrogen-bond acceptors (Lipinski definition) is 5. The monoisotopic (exact) mass is 415 g/mol. The van der Waals surface area contributed by atoms with Crippen molar-refractivity contribution in [2.24, 2.45) is 21.8 Å². The van der Waals surface area contributed by atoms with Gasteiger partial charge >= 0.3 is 0 Å². The van der Waals surface area contributed by atoms with Crippen LogP contribution < -0.4 is 5.32 Å². The lowest BCUT2D eigenvalue weighted by Crippen LogP contribution is -2.48. The number of allylic oxidation sites excluding steroid dienone is 6. The highest BCUT2D eigenvalue weighted by Gasteiger charge is 2.35. The van der Waals surface area contributed by atoms with Crippen molar-refractivity contribution in [3.8, 4) is 0 Å². The van der Waals surface area contributed by atoms with Gasteiger partial charge < -0.3 is 15.2 Å². The van der Waals surface area contributed by atoms with E-state index in [1.54, 1.807) is 0 Å². The van der Waals surface area contributed by atoms with Crippen LogP contribution in [0.5, 0.6) is 0 Å². The third-order valence-electron chi connectivity index (χ3n) is 6.27. The summed E-state index contributed by atoms with van der Waals surface area (Å²) in [4.78, 5) is 9.76. The van der Waals surface area contributed by atoms with Gasteiger partial charge in [0.25, 0.3) is 6.02 Å². The topological polar surface area (TPSA) is 66.2 Å². The number of rotatable bonds is 3. The summed E-state index contributed by atoms with van der Waals surface area (Å²) >= 11 is 0. The van der Waals surface area contributed by atoms with E-state index in [0.717, 1.165) is 24.0 Å². The number of nitrogens with zero attached hydrogens (tertiary/aromatic N) is 2. The van der Waals surface area contributed by atoms with Crippen LogP contribution in [0.4, 0.5) is 0 Å². The first kappa shape index (κ1) is 20.0. The Bertz CT molecular complexity index is 1030. The van der Waals surface area contributed by atoms with Gasteiger partial charge in [0, 0.05) is 23.3 Å². The average molecular weight is 416 g/mol. The van der Waals surface area contributed by atoms with Crippen LogP contribution in [0.3, 0.4) is 0 Å². The third kappa shape index (κ3) is 3.90. The second kappa shape index (κ2) is 8.31. The van der Waals surface area contributed by atoms with E-state index in [-0.39, 0.29) is 24.1 Å². The molecule has 0 bridgehead atoms.